The van der Waals surface area contributed by atoms with E-state index in [4.69, 9.17) is 9.47 Å². The lowest BCUT2D eigenvalue weighted by molar-refractivity contribution is -0.121. The highest BCUT2D eigenvalue weighted by molar-refractivity contribution is 14.0. The lowest BCUT2D eigenvalue weighted by Crippen LogP contribution is -2.46. The van der Waals surface area contributed by atoms with Crippen molar-refractivity contribution in [3.05, 3.63) is 54.1 Å². The molecule has 1 fully saturated rings. The van der Waals surface area contributed by atoms with Crippen molar-refractivity contribution in [3.8, 4) is 17.2 Å². The van der Waals surface area contributed by atoms with Crippen molar-refractivity contribution in [2.75, 3.05) is 40.8 Å². The molecule has 3 rings (SSSR count). The number of ether oxygens (including phenoxy) is 2. The predicted octanol–water partition coefficient (Wildman–Crippen LogP) is 4.07. The minimum absolute atomic E-state index is 0. The standard InChI is InChI=1S/C25H34N4O3.HI/c1-26-24(30)18-20-13-16-29(17-14-20)25(27-2)28-15-12-19-4-6-22(7-5-19)32-23-10-8-21(31-3)9-11-23;/h4-11,20H,12-18H2,1-3H3,(H,26,30)(H,27,28);1H. The maximum absolute atomic E-state index is 11.6. The molecular formula is C25H35IN4O3. The molecule has 7 nitrogen and oxygen atoms in total. The Morgan fingerprint density at radius 3 is 2.15 bits per heavy atom. The van der Waals surface area contributed by atoms with Gasteiger partial charge in [0.1, 0.15) is 17.2 Å². The van der Waals surface area contributed by atoms with E-state index in [9.17, 15) is 4.79 Å². The minimum atomic E-state index is 0. The first-order valence-corrected chi connectivity index (χ1v) is 11.2. The summed E-state index contributed by atoms with van der Waals surface area (Å²) < 4.78 is 11.1. The van der Waals surface area contributed by atoms with E-state index in [-0.39, 0.29) is 29.9 Å². The summed E-state index contributed by atoms with van der Waals surface area (Å²) in [5.74, 6) is 3.92. The largest absolute Gasteiger partial charge is 0.497 e. The monoisotopic (exact) mass is 566 g/mol. The molecule has 0 atom stereocenters. The van der Waals surface area contributed by atoms with Crippen LogP contribution >= 0.6 is 24.0 Å². The molecule has 33 heavy (non-hydrogen) atoms. The molecule has 0 aromatic heterocycles. The molecule has 0 spiro atoms. The number of hydrogen-bond donors (Lipinski definition) is 2. The van der Waals surface area contributed by atoms with Gasteiger partial charge in [-0.15, -0.1) is 24.0 Å². The lowest BCUT2D eigenvalue weighted by atomic mass is 9.93. The Morgan fingerprint density at radius 1 is 1.03 bits per heavy atom. The van der Waals surface area contributed by atoms with Crippen LogP contribution in [-0.4, -0.2) is 57.6 Å². The summed E-state index contributed by atoms with van der Waals surface area (Å²) in [7, 11) is 5.17. The third kappa shape index (κ3) is 8.42. The Bertz CT molecular complexity index is 880. The van der Waals surface area contributed by atoms with Crippen LogP contribution < -0.4 is 20.1 Å². The molecular weight excluding hydrogens is 531 g/mol. The number of piperidine rings is 1. The number of likely N-dealkylation sites (tertiary alicyclic amines) is 1. The van der Waals surface area contributed by atoms with Crippen LogP contribution in [-0.2, 0) is 11.2 Å². The lowest BCUT2D eigenvalue weighted by Gasteiger charge is -2.34. The highest BCUT2D eigenvalue weighted by Crippen LogP contribution is 2.24. The topological polar surface area (TPSA) is 75.2 Å². The molecule has 2 N–H and O–H groups in total. The van der Waals surface area contributed by atoms with Gasteiger partial charge in [-0.1, -0.05) is 12.1 Å². The maximum Gasteiger partial charge on any atom is 0.220 e. The highest BCUT2D eigenvalue weighted by atomic mass is 127. The van der Waals surface area contributed by atoms with Gasteiger partial charge in [-0.05, 0) is 67.1 Å². The van der Waals surface area contributed by atoms with Gasteiger partial charge < -0.3 is 25.0 Å². The summed E-state index contributed by atoms with van der Waals surface area (Å²) in [5.41, 5.74) is 1.24. The molecule has 1 amide bonds. The number of nitrogens with zero attached hydrogens (tertiary/aromatic N) is 2. The first kappa shape index (κ1) is 26.8. The van der Waals surface area contributed by atoms with E-state index in [2.05, 4.69) is 32.7 Å². The van der Waals surface area contributed by atoms with Crippen LogP contribution in [0.2, 0.25) is 0 Å². The minimum Gasteiger partial charge on any atom is -0.497 e. The van der Waals surface area contributed by atoms with Crippen LogP contribution in [0, 0.1) is 5.92 Å². The Kier molecular flexibility index (Phi) is 11.3. The fourth-order valence-corrected chi connectivity index (χ4v) is 3.87. The SMILES string of the molecule is CN=C(NCCc1ccc(Oc2ccc(OC)cc2)cc1)N1CCC(CC(=O)NC)CC1.I. The third-order valence-electron chi connectivity index (χ3n) is 5.79. The second-order valence-corrected chi connectivity index (χ2v) is 7.95. The second kappa shape index (κ2) is 13.9. The van der Waals surface area contributed by atoms with Crippen LogP contribution in [0.3, 0.4) is 0 Å². The number of benzene rings is 2. The number of halogens is 1. The number of nitrogens with one attached hydrogen (secondary N) is 2. The number of amides is 1. The van der Waals surface area contributed by atoms with E-state index >= 15 is 0 Å². The number of rotatable bonds is 8. The van der Waals surface area contributed by atoms with Gasteiger partial charge in [-0.3, -0.25) is 9.79 Å². The first-order valence-electron chi connectivity index (χ1n) is 11.2. The average Bonchev–Trinajstić information content (AvgIpc) is 2.84. The summed E-state index contributed by atoms with van der Waals surface area (Å²) >= 11 is 0. The zero-order valence-corrected chi connectivity index (χ0v) is 22.0. The van der Waals surface area contributed by atoms with E-state index in [0.717, 1.165) is 62.1 Å². The molecule has 0 radical (unpaired) electrons. The maximum atomic E-state index is 11.6. The van der Waals surface area contributed by atoms with Crippen molar-refractivity contribution in [1.29, 1.82) is 0 Å². The van der Waals surface area contributed by atoms with E-state index in [1.54, 1.807) is 14.2 Å². The zero-order valence-electron chi connectivity index (χ0n) is 19.7. The average molecular weight is 566 g/mol. The molecule has 0 aliphatic carbocycles. The van der Waals surface area contributed by atoms with Crippen molar-refractivity contribution >= 4 is 35.8 Å². The van der Waals surface area contributed by atoms with Gasteiger partial charge in [0.2, 0.25) is 5.91 Å². The normalized spacial score (nSPS) is 14.3. The number of methoxy groups -OCH3 is 1. The Morgan fingerprint density at radius 2 is 1.61 bits per heavy atom. The number of carbonyl (C=O) groups excluding carboxylic acids is 1. The van der Waals surface area contributed by atoms with Crippen LogP contribution in [0.1, 0.15) is 24.8 Å². The molecule has 2 aromatic rings. The molecule has 1 heterocycles. The van der Waals surface area contributed by atoms with Gasteiger partial charge in [0, 0.05) is 40.2 Å². The molecule has 0 bridgehead atoms. The molecule has 1 saturated heterocycles. The van der Waals surface area contributed by atoms with Crippen LogP contribution in [0.25, 0.3) is 0 Å². The van der Waals surface area contributed by atoms with Gasteiger partial charge in [0.15, 0.2) is 5.96 Å². The number of carbonyl (C=O) groups is 1. The third-order valence-corrected chi connectivity index (χ3v) is 5.79. The van der Waals surface area contributed by atoms with Crippen LogP contribution in [0.4, 0.5) is 0 Å². The van der Waals surface area contributed by atoms with Gasteiger partial charge in [0.25, 0.3) is 0 Å². The van der Waals surface area contributed by atoms with Crippen molar-refractivity contribution in [1.82, 2.24) is 15.5 Å². The van der Waals surface area contributed by atoms with E-state index in [0.29, 0.717) is 12.3 Å². The van der Waals surface area contributed by atoms with E-state index in [1.165, 1.54) is 5.56 Å². The van der Waals surface area contributed by atoms with Gasteiger partial charge in [-0.2, -0.15) is 0 Å². The second-order valence-electron chi connectivity index (χ2n) is 7.95. The van der Waals surface area contributed by atoms with Gasteiger partial charge in [-0.25, -0.2) is 0 Å². The summed E-state index contributed by atoms with van der Waals surface area (Å²) in [6.45, 7) is 2.67. The molecule has 0 saturated carbocycles. The fourth-order valence-electron chi connectivity index (χ4n) is 3.87. The van der Waals surface area contributed by atoms with E-state index in [1.807, 2.05) is 43.4 Å². The van der Waals surface area contributed by atoms with Crippen LogP contribution in [0.5, 0.6) is 17.2 Å². The molecule has 180 valence electrons. The van der Waals surface area contributed by atoms with Gasteiger partial charge >= 0.3 is 0 Å². The molecule has 0 unspecified atom stereocenters. The summed E-state index contributed by atoms with van der Waals surface area (Å²) in [6, 6.07) is 15.7. The molecule has 8 heteroatoms. The highest BCUT2D eigenvalue weighted by Gasteiger charge is 2.22. The number of aliphatic imine (C=N–C) groups is 1. The Hall–Kier alpha value is -2.49. The molecule has 1 aliphatic heterocycles. The van der Waals surface area contributed by atoms with E-state index < -0.39 is 0 Å². The van der Waals surface area contributed by atoms with Gasteiger partial charge in [0.05, 0.1) is 7.11 Å². The van der Waals surface area contributed by atoms with Crippen LogP contribution in [0.15, 0.2) is 53.5 Å². The molecule has 2 aromatic carbocycles. The summed E-state index contributed by atoms with van der Waals surface area (Å²) in [5, 5.41) is 6.19. The Labute approximate surface area is 214 Å². The quantitative estimate of drug-likeness (QED) is 0.287. The predicted molar refractivity (Wildman–Crippen MR) is 143 cm³/mol. The van der Waals surface area contributed by atoms with Crippen molar-refractivity contribution in [2.24, 2.45) is 10.9 Å². The summed E-state index contributed by atoms with van der Waals surface area (Å²) in [6.07, 6.45) is 3.55. The fraction of sp³-hybridized carbons (Fsp3) is 0.440. The van der Waals surface area contributed by atoms with Crippen molar-refractivity contribution < 1.29 is 14.3 Å². The molecule has 1 aliphatic rings. The van der Waals surface area contributed by atoms with Crippen molar-refractivity contribution in [2.45, 2.75) is 25.7 Å². The van der Waals surface area contributed by atoms with Crippen molar-refractivity contribution in [3.63, 3.8) is 0 Å². The Balaban J connectivity index is 0.00000385. The number of guanidine groups is 1. The first-order chi connectivity index (χ1) is 15.6. The summed E-state index contributed by atoms with van der Waals surface area (Å²) in [4.78, 5) is 18.3. The number of hydrogen-bond acceptors (Lipinski definition) is 4. The smallest absolute Gasteiger partial charge is 0.220 e. The zero-order chi connectivity index (χ0) is 22.8.